The molecule has 0 radical (unpaired) electrons. The number of nitriles is 1. The van der Waals surface area contributed by atoms with Gasteiger partial charge in [-0.1, -0.05) is 20.8 Å². The predicted molar refractivity (Wildman–Crippen MR) is 39.8 cm³/mol. The first-order valence-corrected chi connectivity index (χ1v) is 3.37. The van der Waals surface area contributed by atoms with E-state index in [1.807, 2.05) is 26.8 Å². The predicted octanol–water partition coefficient (Wildman–Crippen LogP) is 0.974. The largest absolute Gasteiger partial charge is 0.262 e. The Morgan fingerprint density at radius 2 is 2.09 bits per heavy atom. The zero-order valence-electron chi connectivity index (χ0n) is 6.84. The fourth-order valence-corrected chi connectivity index (χ4v) is 0.647. The lowest BCUT2D eigenvalue weighted by atomic mass is 9.96. The molecule has 0 saturated heterocycles. The Morgan fingerprint density at radius 3 is 2.36 bits per heavy atom. The number of aromatic amines is 1. The van der Waals surface area contributed by atoms with Crippen molar-refractivity contribution in [2.75, 3.05) is 0 Å². The minimum atomic E-state index is -0.0674. The zero-order valence-corrected chi connectivity index (χ0v) is 6.84. The summed E-state index contributed by atoms with van der Waals surface area (Å²) in [5, 5.41) is 14.8. The highest BCUT2D eigenvalue weighted by Crippen LogP contribution is 2.16. The van der Waals surface area contributed by atoms with E-state index in [4.69, 9.17) is 5.26 Å². The van der Waals surface area contributed by atoms with Gasteiger partial charge in [0.15, 0.2) is 0 Å². The van der Waals surface area contributed by atoms with Crippen molar-refractivity contribution in [3.8, 4) is 6.07 Å². The SMILES string of the molecule is CC(C)(C)c1nc(C#N)n[nH]1. The first-order valence-electron chi connectivity index (χ1n) is 3.37. The summed E-state index contributed by atoms with van der Waals surface area (Å²) in [6, 6.07) is 1.87. The van der Waals surface area contributed by atoms with Gasteiger partial charge in [-0.05, 0) is 0 Å². The normalized spacial score (nSPS) is 11.1. The van der Waals surface area contributed by atoms with Crippen LogP contribution in [0.1, 0.15) is 32.4 Å². The van der Waals surface area contributed by atoms with Crippen LogP contribution in [0.3, 0.4) is 0 Å². The number of rotatable bonds is 0. The van der Waals surface area contributed by atoms with E-state index in [0.717, 1.165) is 5.82 Å². The van der Waals surface area contributed by atoms with Gasteiger partial charge in [0, 0.05) is 5.41 Å². The highest BCUT2D eigenvalue weighted by atomic mass is 15.2. The number of nitrogens with one attached hydrogen (secondary N) is 1. The van der Waals surface area contributed by atoms with Crippen molar-refractivity contribution in [1.82, 2.24) is 15.2 Å². The van der Waals surface area contributed by atoms with Crippen LogP contribution in [-0.2, 0) is 5.41 Å². The molecule has 1 aromatic rings. The third-order valence-electron chi connectivity index (χ3n) is 1.30. The van der Waals surface area contributed by atoms with Crippen molar-refractivity contribution in [3.05, 3.63) is 11.6 Å². The monoisotopic (exact) mass is 150 g/mol. The lowest BCUT2D eigenvalue weighted by Gasteiger charge is -2.12. The van der Waals surface area contributed by atoms with Gasteiger partial charge < -0.3 is 0 Å². The molecule has 0 bridgehead atoms. The molecule has 58 valence electrons. The van der Waals surface area contributed by atoms with Crippen molar-refractivity contribution in [2.45, 2.75) is 26.2 Å². The van der Waals surface area contributed by atoms with E-state index < -0.39 is 0 Å². The van der Waals surface area contributed by atoms with E-state index in [2.05, 4.69) is 15.2 Å². The molecule has 11 heavy (non-hydrogen) atoms. The molecule has 0 aliphatic heterocycles. The molecule has 0 atom stereocenters. The van der Waals surface area contributed by atoms with Crippen LogP contribution < -0.4 is 0 Å². The highest BCUT2D eigenvalue weighted by molar-refractivity contribution is 5.11. The van der Waals surface area contributed by atoms with Gasteiger partial charge >= 0.3 is 0 Å². The molecule has 1 rings (SSSR count). The van der Waals surface area contributed by atoms with Crippen LogP contribution in [0.15, 0.2) is 0 Å². The second-order valence-electron chi connectivity index (χ2n) is 3.37. The molecule has 1 N–H and O–H groups in total. The fraction of sp³-hybridized carbons (Fsp3) is 0.571. The summed E-state index contributed by atoms with van der Waals surface area (Å²) in [6.45, 7) is 6.03. The maximum absolute atomic E-state index is 8.42. The first-order chi connectivity index (χ1) is 5.04. The molecular weight excluding hydrogens is 140 g/mol. The molecule has 0 saturated carbocycles. The van der Waals surface area contributed by atoms with Crippen LogP contribution in [0.4, 0.5) is 0 Å². The topological polar surface area (TPSA) is 65.4 Å². The van der Waals surface area contributed by atoms with Crippen molar-refractivity contribution in [3.63, 3.8) is 0 Å². The molecule has 0 amide bonds. The second kappa shape index (κ2) is 2.35. The Bertz CT molecular complexity index is 286. The van der Waals surface area contributed by atoms with Crippen LogP contribution in [0, 0.1) is 11.3 Å². The molecule has 0 aliphatic rings. The van der Waals surface area contributed by atoms with Crippen LogP contribution in [0.25, 0.3) is 0 Å². The molecule has 0 fully saturated rings. The van der Waals surface area contributed by atoms with Crippen molar-refractivity contribution >= 4 is 0 Å². The summed E-state index contributed by atoms with van der Waals surface area (Å²) in [7, 11) is 0. The molecule has 1 heterocycles. The lowest BCUT2D eigenvalue weighted by molar-refractivity contribution is 0.548. The standard InChI is InChI=1S/C7H10N4/c1-7(2,3)6-9-5(4-8)10-11-6/h1-3H3,(H,9,10,11). The van der Waals surface area contributed by atoms with Crippen LogP contribution in [-0.4, -0.2) is 15.2 Å². The van der Waals surface area contributed by atoms with Gasteiger partial charge in [-0.2, -0.15) is 5.26 Å². The minimum Gasteiger partial charge on any atom is -0.262 e. The van der Waals surface area contributed by atoms with E-state index in [1.54, 1.807) is 0 Å². The fourth-order valence-electron chi connectivity index (χ4n) is 0.647. The lowest BCUT2D eigenvalue weighted by Crippen LogP contribution is -2.13. The second-order valence-corrected chi connectivity index (χ2v) is 3.37. The van der Waals surface area contributed by atoms with Crippen LogP contribution in [0.5, 0.6) is 0 Å². The smallest absolute Gasteiger partial charge is 0.252 e. The summed E-state index contributed by atoms with van der Waals surface area (Å²) in [4.78, 5) is 3.97. The summed E-state index contributed by atoms with van der Waals surface area (Å²) < 4.78 is 0. The van der Waals surface area contributed by atoms with E-state index >= 15 is 0 Å². The minimum absolute atomic E-state index is 0.0674. The van der Waals surface area contributed by atoms with Crippen molar-refractivity contribution < 1.29 is 0 Å². The maximum atomic E-state index is 8.42. The maximum Gasteiger partial charge on any atom is 0.252 e. The molecule has 1 aromatic heterocycles. The summed E-state index contributed by atoms with van der Waals surface area (Å²) in [6.07, 6.45) is 0. The van der Waals surface area contributed by atoms with Gasteiger partial charge in [0.25, 0.3) is 5.82 Å². The first kappa shape index (κ1) is 7.73. The number of nitrogens with zero attached hydrogens (tertiary/aromatic N) is 3. The van der Waals surface area contributed by atoms with Gasteiger partial charge in [0.05, 0.1) is 0 Å². The molecule has 0 spiro atoms. The summed E-state index contributed by atoms with van der Waals surface area (Å²) in [5.41, 5.74) is -0.0674. The van der Waals surface area contributed by atoms with Gasteiger partial charge in [0.1, 0.15) is 11.9 Å². The quantitative estimate of drug-likeness (QED) is 0.599. The molecule has 4 nitrogen and oxygen atoms in total. The van der Waals surface area contributed by atoms with Crippen LogP contribution >= 0.6 is 0 Å². The Labute approximate surface area is 65.3 Å². The molecule has 0 aliphatic carbocycles. The third-order valence-corrected chi connectivity index (χ3v) is 1.30. The zero-order chi connectivity index (χ0) is 8.48. The Hall–Kier alpha value is -1.37. The molecular formula is C7H10N4. The van der Waals surface area contributed by atoms with Gasteiger partial charge in [0.2, 0.25) is 0 Å². The molecule has 0 unspecified atom stereocenters. The van der Waals surface area contributed by atoms with Gasteiger partial charge in [-0.15, -0.1) is 5.10 Å². The van der Waals surface area contributed by atoms with E-state index in [-0.39, 0.29) is 11.2 Å². The van der Waals surface area contributed by atoms with Crippen molar-refractivity contribution in [2.24, 2.45) is 0 Å². The number of hydrogen-bond acceptors (Lipinski definition) is 3. The average Bonchev–Trinajstić information content (AvgIpc) is 2.32. The van der Waals surface area contributed by atoms with E-state index in [1.165, 1.54) is 0 Å². The third kappa shape index (κ3) is 1.55. The number of aromatic nitrogens is 3. The Morgan fingerprint density at radius 1 is 1.45 bits per heavy atom. The summed E-state index contributed by atoms with van der Waals surface area (Å²) >= 11 is 0. The number of hydrogen-bond donors (Lipinski definition) is 1. The van der Waals surface area contributed by atoms with E-state index in [0.29, 0.717) is 0 Å². The molecule has 0 aromatic carbocycles. The Balaban J connectivity index is 3.01. The number of H-pyrrole nitrogens is 1. The average molecular weight is 150 g/mol. The van der Waals surface area contributed by atoms with Gasteiger partial charge in [-0.25, -0.2) is 4.98 Å². The van der Waals surface area contributed by atoms with Gasteiger partial charge in [-0.3, -0.25) is 5.10 Å². The van der Waals surface area contributed by atoms with Crippen molar-refractivity contribution in [1.29, 1.82) is 5.26 Å². The summed E-state index contributed by atoms with van der Waals surface area (Å²) in [5.74, 6) is 0.948. The highest BCUT2D eigenvalue weighted by Gasteiger charge is 2.18. The van der Waals surface area contributed by atoms with Crippen LogP contribution in [0.2, 0.25) is 0 Å². The Kier molecular flexibility index (Phi) is 1.65. The van der Waals surface area contributed by atoms with E-state index in [9.17, 15) is 0 Å². The molecule has 4 heteroatoms.